The SMILES string of the molecule is CN(C)[C@@H](CNC(=O)c1cc(Br)ccc1Cl)c1ccccc1. The van der Waals surface area contributed by atoms with Crippen LogP contribution in [0.4, 0.5) is 0 Å². The van der Waals surface area contributed by atoms with Gasteiger partial charge in [0.1, 0.15) is 0 Å². The molecule has 1 N–H and O–H groups in total. The molecular weight excluding hydrogens is 364 g/mol. The van der Waals surface area contributed by atoms with Crippen molar-refractivity contribution in [3.05, 3.63) is 69.2 Å². The molecule has 0 aliphatic heterocycles. The van der Waals surface area contributed by atoms with Crippen molar-refractivity contribution < 1.29 is 4.79 Å². The highest BCUT2D eigenvalue weighted by molar-refractivity contribution is 9.10. The lowest BCUT2D eigenvalue weighted by molar-refractivity contribution is 0.0942. The van der Waals surface area contributed by atoms with Crippen LogP contribution in [0.5, 0.6) is 0 Å². The minimum Gasteiger partial charge on any atom is -0.350 e. The van der Waals surface area contributed by atoms with Crippen LogP contribution in [0.1, 0.15) is 22.0 Å². The number of amides is 1. The normalized spacial score (nSPS) is 12.2. The molecule has 0 aliphatic rings. The van der Waals surface area contributed by atoms with Crippen molar-refractivity contribution in [2.45, 2.75) is 6.04 Å². The molecule has 22 heavy (non-hydrogen) atoms. The minimum atomic E-state index is -0.172. The van der Waals surface area contributed by atoms with Crippen LogP contribution in [-0.2, 0) is 0 Å². The standard InChI is InChI=1S/C17H18BrClN2O/c1-21(2)16(12-6-4-3-5-7-12)11-20-17(22)14-10-13(18)8-9-15(14)19/h3-10,16H,11H2,1-2H3,(H,20,22)/t16-/m0/s1. The van der Waals surface area contributed by atoms with Crippen LogP contribution in [0.2, 0.25) is 5.02 Å². The Hall–Kier alpha value is -1.36. The number of halogens is 2. The van der Waals surface area contributed by atoms with Crippen molar-refractivity contribution in [2.24, 2.45) is 0 Å². The molecule has 0 radical (unpaired) electrons. The van der Waals surface area contributed by atoms with Crippen LogP contribution in [0.3, 0.4) is 0 Å². The molecule has 0 bridgehead atoms. The lowest BCUT2D eigenvalue weighted by atomic mass is 10.1. The molecule has 0 saturated heterocycles. The maximum absolute atomic E-state index is 12.3. The smallest absolute Gasteiger partial charge is 0.252 e. The van der Waals surface area contributed by atoms with Crippen LogP contribution < -0.4 is 5.32 Å². The fourth-order valence-electron chi connectivity index (χ4n) is 2.23. The van der Waals surface area contributed by atoms with Crippen LogP contribution in [-0.4, -0.2) is 31.4 Å². The summed E-state index contributed by atoms with van der Waals surface area (Å²) in [7, 11) is 3.99. The number of nitrogens with one attached hydrogen (secondary N) is 1. The molecule has 116 valence electrons. The van der Waals surface area contributed by atoms with Gasteiger partial charge in [-0.3, -0.25) is 4.79 Å². The Kier molecular flexibility index (Phi) is 6.00. The zero-order valence-electron chi connectivity index (χ0n) is 12.5. The Balaban J connectivity index is 2.10. The van der Waals surface area contributed by atoms with Gasteiger partial charge in [-0.25, -0.2) is 0 Å². The molecule has 1 amide bonds. The molecule has 0 aliphatic carbocycles. The molecule has 0 heterocycles. The number of hydrogen-bond acceptors (Lipinski definition) is 2. The third kappa shape index (κ3) is 4.32. The number of hydrogen-bond donors (Lipinski definition) is 1. The summed E-state index contributed by atoms with van der Waals surface area (Å²) in [5.74, 6) is -0.172. The molecule has 1 atom stereocenters. The molecular formula is C17H18BrClN2O. The van der Waals surface area contributed by atoms with Gasteiger partial charge in [-0.1, -0.05) is 57.9 Å². The topological polar surface area (TPSA) is 32.3 Å². The van der Waals surface area contributed by atoms with Crippen molar-refractivity contribution in [1.29, 1.82) is 0 Å². The lowest BCUT2D eigenvalue weighted by Crippen LogP contribution is -2.34. The van der Waals surface area contributed by atoms with Crippen molar-refractivity contribution >= 4 is 33.4 Å². The number of likely N-dealkylation sites (N-methyl/N-ethyl adjacent to an activating group) is 1. The van der Waals surface area contributed by atoms with Gasteiger partial charge in [-0.05, 0) is 37.9 Å². The summed E-state index contributed by atoms with van der Waals surface area (Å²) in [5.41, 5.74) is 1.63. The summed E-state index contributed by atoms with van der Waals surface area (Å²) in [6.45, 7) is 0.513. The number of rotatable bonds is 5. The third-order valence-corrected chi connectivity index (χ3v) is 4.26. The Labute approximate surface area is 144 Å². The first-order valence-corrected chi connectivity index (χ1v) is 8.10. The van der Waals surface area contributed by atoms with Crippen LogP contribution in [0.15, 0.2) is 53.0 Å². The number of benzene rings is 2. The van der Waals surface area contributed by atoms with Gasteiger partial charge in [0, 0.05) is 11.0 Å². The van der Waals surface area contributed by atoms with Crippen molar-refractivity contribution in [3.8, 4) is 0 Å². The zero-order chi connectivity index (χ0) is 16.1. The van der Waals surface area contributed by atoms with Gasteiger partial charge in [-0.2, -0.15) is 0 Å². The molecule has 2 rings (SSSR count). The van der Waals surface area contributed by atoms with Gasteiger partial charge >= 0.3 is 0 Å². The predicted molar refractivity (Wildman–Crippen MR) is 94.4 cm³/mol. The van der Waals surface area contributed by atoms with Crippen molar-refractivity contribution in [3.63, 3.8) is 0 Å². The Morgan fingerprint density at radius 3 is 2.55 bits per heavy atom. The molecule has 0 unspecified atom stereocenters. The van der Waals surface area contributed by atoms with Gasteiger partial charge in [0.25, 0.3) is 5.91 Å². The van der Waals surface area contributed by atoms with E-state index in [-0.39, 0.29) is 11.9 Å². The average molecular weight is 382 g/mol. The largest absolute Gasteiger partial charge is 0.350 e. The zero-order valence-corrected chi connectivity index (χ0v) is 14.9. The molecule has 3 nitrogen and oxygen atoms in total. The second-order valence-corrected chi connectivity index (χ2v) is 6.55. The fourth-order valence-corrected chi connectivity index (χ4v) is 2.79. The summed E-state index contributed by atoms with van der Waals surface area (Å²) < 4.78 is 0.828. The lowest BCUT2D eigenvalue weighted by Gasteiger charge is -2.25. The third-order valence-electron chi connectivity index (χ3n) is 3.44. The first kappa shape index (κ1) is 17.0. The van der Waals surface area contributed by atoms with E-state index in [2.05, 4.69) is 38.3 Å². The van der Waals surface area contributed by atoms with E-state index in [0.717, 1.165) is 10.0 Å². The fraction of sp³-hybridized carbons (Fsp3) is 0.235. The van der Waals surface area contributed by atoms with E-state index in [1.165, 1.54) is 0 Å². The monoisotopic (exact) mass is 380 g/mol. The van der Waals surface area contributed by atoms with Crippen LogP contribution in [0, 0.1) is 0 Å². The van der Waals surface area contributed by atoms with E-state index in [1.54, 1.807) is 12.1 Å². The Bertz CT molecular complexity index is 646. The van der Waals surface area contributed by atoms with Gasteiger partial charge in [0.15, 0.2) is 0 Å². The van der Waals surface area contributed by atoms with E-state index < -0.39 is 0 Å². The van der Waals surface area contributed by atoms with E-state index in [9.17, 15) is 4.79 Å². The Morgan fingerprint density at radius 2 is 1.91 bits per heavy atom. The molecule has 0 saturated carbocycles. The summed E-state index contributed by atoms with van der Waals surface area (Å²) >= 11 is 9.45. The van der Waals surface area contributed by atoms with E-state index in [1.807, 2.05) is 38.4 Å². The maximum atomic E-state index is 12.3. The quantitative estimate of drug-likeness (QED) is 0.844. The summed E-state index contributed by atoms with van der Waals surface area (Å²) in [6.07, 6.45) is 0. The molecule has 0 aromatic heterocycles. The van der Waals surface area contributed by atoms with Gasteiger partial charge in [0.2, 0.25) is 0 Å². The van der Waals surface area contributed by atoms with E-state index in [0.29, 0.717) is 17.1 Å². The first-order chi connectivity index (χ1) is 10.5. The highest BCUT2D eigenvalue weighted by Crippen LogP contribution is 2.22. The minimum absolute atomic E-state index is 0.107. The van der Waals surface area contributed by atoms with Crippen molar-refractivity contribution in [1.82, 2.24) is 10.2 Å². The van der Waals surface area contributed by atoms with E-state index >= 15 is 0 Å². The second-order valence-electron chi connectivity index (χ2n) is 5.22. The molecule has 2 aromatic carbocycles. The molecule has 5 heteroatoms. The molecule has 0 spiro atoms. The van der Waals surface area contributed by atoms with Crippen molar-refractivity contribution in [2.75, 3.05) is 20.6 Å². The summed E-state index contributed by atoms with van der Waals surface area (Å²) in [4.78, 5) is 14.4. The summed E-state index contributed by atoms with van der Waals surface area (Å²) in [5, 5.41) is 3.41. The van der Waals surface area contributed by atoms with Crippen LogP contribution in [0.25, 0.3) is 0 Å². The van der Waals surface area contributed by atoms with E-state index in [4.69, 9.17) is 11.6 Å². The highest BCUT2D eigenvalue weighted by atomic mass is 79.9. The number of carbonyl (C=O) groups is 1. The average Bonchev–Trinajstić information content (AvgIpc) is 2.50. The van der Waals surface area contributed by atoms with Gasteiger partial charge in [-0.15, -0.1) is 0 Å². The number of carbonyl (C=O) groups excluding carboxylic acids is 1. The summed E-state index contributed by atoms with van der Waals surface area (Å²) in [6, 6.07) is 15.5. The van der Waals surface area contributed by atoms with Gasteiger partial charge < -0.3 is 10.2 Å². The highest BCUT2D eigenvalue weighted by Gasteiger charge is 2.17. The number of nitrogens with zero attached hydrogens (tertiary/aromatic N) is 1. The predicted octanol–water partition coefficient (Wildman–Crippen LogP) is 4.14. The van der Waals surface area contributed by atoms with Crippen LogP contribution >= 0.6 is 27.5 Å². The van der Waals surface area contributed by atoms with Gasteiger partial charge in [0.05, 0.1) is 16.6 Å². The Morgan fingerprint density at radius 1 is 1.23 bits per heavy atom. The molecule has 0 fully saturated rings. The maximum Gasteiger partial charge on any atom is 0.252 e. The second kappa shape index (κ2) is 7.77. The first-order valence-electron chi connectivity index (χ1n) is 6.93. The molecule has 2 aromatic rings.